The van der Waals surface area contributed by atoms with Gasteiger partial charge in [0.15, 0.2) is 0 Å². The molecule has 0 spiro atoms. The van der Waals surface area contributed by atoms with Crippen LogP contribution in [0.2, 0.25) is 0 Å². The molecule has 0 bridgehead atoms. The lowest BCUT2D eigenvalue weighted by Crippen LogP contribution is -2.40. The van der Waals surface area contributed by atoms with Gasteiger partial charge in [-0.25, -0.2) is 8.42 Å². The molecule has 0 aromatic heterocycles. The van der Waals surface area contributed by atoms with Crippen LogP contribution in [0.3, 0.4) is 0 Å². The van der Waals surface area contributed by atoms with Crippen LogP contribution in [0.1, 0.15) is 38.2 Å². The van der Waals surface area contributed by atoms with Gasteiger partial charge in [-0.3, -0.25) is 9.59 Å². The summed E-state index contributed by atoms with van der Waals surface area (Å²) in [6.45, 7) is 4.41. The van der Waals surface area contributed by atoms with Gasteiger partial charge >= 0.3 is 5.97 Å². The molecule has 1 amide bonds. The van der Waals surface area contributed by atoms with Gasteiger partial charge in [0, 0.05) is 18.8 Å². The molecule has 2 aliphatic heterocycles. The van der Waals surface area contributed by atoms with Gasteiger partial charge in [-0.15, -0.1) is 0 Å². The van der Waals surface area contributed by atoms with Gasteiger partial charge in [-0.2, -0.15) is 4.31 Å². The number of ether oxygens (including phenoxy) is 1. The normalized spacial score (nSPS) is 21.7. The largest absolute Gasteiger partial charge is 0.466 e. The lowest BCUT2D eigenvalue weighted by Gasteiger charge is -2.30. The van der Waals surface area contributed by atoms with Gasteiger partial charge in [0.1, 0.15) is 0 Å². The highest BCUT2D eigenvalue weighted by atomic mass is 32.2. The van der Waals surface area contributed by atoms with Crippen LogP contribution in [0.5, 0.6) is 0 Å². The molecule has 1 atom stereocenters. The number of hydrogen-bond donors (Lipinski definition) is 1. The van der Waals surface area contributed by atoms with E-state index in [2.05, 4.69) is 5.32 Å². The first-order chi connectivity index (χ1) is 11.8. The van der Waals surface area contributed by atoms with Crippen molar-refractivity contribution in [3.63, 3.8) is 0 Å². The van der Waals surface area contributed by atoms with Crippen molar-refractivity contribution in [2.45, 2.75) is 37.5 Å². The van der Waals surface area contributed by atoms with Gasteiger partial charge in [-0.05, 0) is 50.5 Å². The lowest BCUT2D eigenvalue weighted by atomic mass is 9.98. The molecule has 136 valence electrons. The predicted octanol–water partition coefficient (Wildman–Crippen LogP) is 1.71. The number of hydrogen-bond acceptors (Lipinski definition) is 5. The Balaban J connectivity index is 1.76. The van der Waals surface area contributed by atoms with E-state index in [4.69, 9.17) is 4.74 Å². The fourth-order valence-corrected chi connectivity index (χ4v) is 4.80. The zero-order chi connectivity index (χ0) is 18.2. The Morgan fingerprint density at radius 2 is 2.00 bits per heavy atom. The number of esters is 1. The topological polar surface area (TPSA) is 92.8 Å². The van der Waals surface area contributed by atoms with Crippen LogP contribution in [0, 0.1) is 5.92 Å². The third-order valence-electron chi connectivity index (χ3n) is 4.85. The molecule has 25 heavy (non-hydrogen) atoms. The molecule has 8 heteroatoms. The minimum absolute atomic E-state index is 0.125. The maximum Gasteiger partial charge on any atom is 0.309 e. The van der Waals surface area contributed by atoms with E-state index in [0.29, 0.717) is 30.7 Å². The Morgan fingerprint density at radius 3 is 2.64 bits per heavy atom. The first kappa shape index (κ1) is 17.9. The summed E-state index contributed by atoms with van der Waals surface area (Å²) >= 11 is 0. The zero-order valence-electron chi connectivity index (χ0n) is 14.3. The van der Waals surface area contributed by atoms with E-state index in [1.165, 1.54) is 10.4 Å². The molecule has 1 fully saturated rings. The minimum atomic E-state index is -3.64. The van der Waals surface area contributed by atoms with E-state index >= 15 is 0 Å². The van der Waals surface area contributed by atoms with Crippen LogP contribution in [-0.4, -0.2) is 44.3 Å². The van der Waals surface area contributed by atoms with E-state index in [-0.39, 0.29) is 41.7 Å². The second-order valence-electron chi connectivity index (χ2n) is 6.39. The van der Waals surface area contributed by atoms with Crippen molar-refractivity contribution in [3.8, 4) is 0 Å². The fraction of sp³-hybridized carbons (Fsp3) is 0.529. The molecular weight excluding hydrogens is 344 g/mol. The quantitative estimate of drug-likeness (QED) is 0.819. The van der Waals surface area contributed by atoms with Crippen molar-refractivity contribution >= 4 is 27.6 Å². The highest BCUT2D eigenvalue weighted by Crippen LogP contribution is 2.35. The van der Waals surface area contributed by atoms with E-state index in [0.717, 1.165) is 0 Å². The van der Waals surface area contributed by atoms with Gasteiger partial charge in [0.2, 0.25) is 15.9 Å². The van der Waals surface area contributed by atoms with Crippen LogP contribution in [0.15, 0.2) is 23.1 Å². The van der Waals surface area contributed by atoms with Gasteiger partial charge in [0.05, 0.1) is 23.3 Å². The van der Waals surface area contributed by atoms with Crippen molar-refractivity contribution in [2.24, 2.45) is 5.92 Å². The molecule has 0 aliphatic carbocycles. The Bertz CT molecular complexity index is 797. The molecule has 2 heterocycles. The first-order valence-electron chi connectivity index (χ1n) is 8.46. The molecule has 1 N–H and O–H groups in total. The standard InChI is InChI=1S/C17H22N2O5S/c1-3-24-17(21)12-6-8-19(9-7-12)25(22,23)13-4-5-15-14(10-13)11(2)16(20)18-15/h4-5,10-12H,3,6-9H2,1-2H3,(H,18,20)/t11-/m0/s1. The maximum atomic E-state index is 12.9. The highest BCUT2D eigenvalue weighted by Gasteiger charge is 2.34. The summed E-state index contributed by atoms with van der Waals surface area (Å²) in [5.41, 5.74) is 1.37. The predicted molar refractivity (Wildman–Crippen MR) is 91.6 cm³/mol. The number of sulfonamides is 1. The van der Waals surface area contributed by atoms with Crippen molar-refractivity contribution in [1.82, 2.24) is 4.31 Å². The number of rotatable bonds is 4. The van der Waals surface area contributed by atoms with Crippen molar-refractivity contribution in [3.05, 3.63) is 23.8 Å². The molecule has 7 nitrogen and oxygen atoms in total. The summed E-state index contributed by atoms with van der Waals surface area (Å²) in [6.07, 6.45) is 0.916. The second kappa shape index (κ2) is 6.76. The lowest BCUT2D eigenvalue weighted by molar-refractivity contribution is -0.149. The third-order valence-corrected chi connectivity index (χ3v) is 6.75. The zero-order valence-corrected chi connectivity index (χ0v) is 15.1. The van der Waals surface area contributed by atoms with Gasteiger partial charge < -0.3 is 10.1 Å². The summed E-state index contributed by atoms with van der Waals surface area (Å²) in [7, 11) is -3.64. The number of nitrogens with one attached hydrogen (secondary N) is 1. The summed E-state index contributed by atoms with van der Waals surface area (Å²) in [5.74, 6) is -0.983. The number of piperidine rings is 1. The van der Waals surface area contributed by atoms with Crippen LogP contribution in [0.25, 0.3) is 0 Å². The summed E-state index contributed by atoms with van der Waals surface area (Å²) in [6, 6.07) is 4.73. The highest BCUT2D eigenvalue weighted by molar-refractivity contribution is 7.89. The molecule has 0 unspecified atom stereocenters. The minimum Gasteiger partial charge on any atom is -0.466 e. The number of nitrogens with zero attached hydrogens (tertiary/aromatic N) is 1. The summed E-state index contributed by atoms with van der Waals surface area (Å²) in [4.78, 5) is 23.7. The number of carbonyl (C=O) groups is 2. The average molecular weight is 366 g/mol. The number of carbonyl (C=O) groups excluding carboxylic acids is 2. The number of amides is 1. The van der Waals surface area contributed by atoms with Gasteiger partial charge in [0.25, 0.3) is 0 Å². The first-order valence-corrected chi connectivity index (χ1v) is 9.90. The third kappa shape index (κ3) is 3.28. The van der Waals surface area contributed by atoms with Crippen molar-refractivity contribution < 1.29 is 22.7 Å². The number of fused-ring (bicyclic) bond motifs is 1. The van der Waals surface area contributed by atoms with Gasteiger partial charge in [-0.1, -0.05) is 0 Å². The molecular formula is C17H22N2O5S. The Kier molecular flexibility index (Phi) is 4.83. The SMILES string of the molecule is CCOC(=O)C1CCN(S(=O)(=O)c2ccc3c(c2)[C@H](C)C(=O)N3)CC1. The molecule has 0 saturated carbocycles. The fourth-order valence-electron chi connectivity index (χ4n) is 3.30. The monoisotopic (exact) mass is 366 g/mol. The Hall–Kier alpha value is -1.93. The molecule has 0 radical (unpaired) electrons. The van der Waals surface area contributed by atoms with Crippen LogP contribution in [0.4, 0.5) is 5.69 Å². The van der Waals surface area contributed by atoms with E-state index in [9.17, 15) is 18.0 Å². The van der Waals surface area contributed by atoms with E-state index < -0.39 is 10.0 Å². The number of benzene rings is 1. The van der Waals surface area contributed by atoms with Crippen LogP contribution in [-0.2, 0) is 24.3 Å². The van der Waals surface area contributed by atoms with Crippen molar-refractivity contribution in [2.75, 3.05) is 25.0 Å². The van der Waals surface area contributed by atoms with E-state index in [1.54, 1.807) is 26.0 Å². The second-order valence-corrected chi connectivity index (χ2v) is 8.33. The van der Waals surface area contributed by atoms with Crippen molar-refractivity contribution in [1.29, 1.82) is 0 Å². The Morgan fingerprint density at radius 1 is 1.32 bits per heavy atom. The molecule has 3 rings (SSSR count). The maximum absolute atomic E-state index is 12.9. The molecule has 1 aromatic carbocycles. The molecule has 2 aliphatic rings. The van der Waals surface area contributed by atoms with E-state index in [1.807, 2.05) is 0 Å². The average Bonchev–Trinajstić information content (AvgIpc) is 2.89. The summed E-state index contributed by atoms with van der Waals surface area (Å²) in [5, 5.41) is 2.74. The number of anilines is 1. The van der Waals surface area contributed by atoms with Crippen LogP contribution >= 0.6 is 0 Å². The van der Waals surface area contributed by atoms with Crippen LogP contribution < -0.4 is 5.32 Å². The molecule has 1 saturated heterocycles. The smallest absolute Gasteiger partial charge is 0.309 e. The molecule has 1 aromatic rings. The Labute approximate surface area is 147 Å². The summed E-state index contributed by atoms with van der Waals surface area (Å²) < 4.78 is 32.2.